The van der Waals surface area contributed by atoms with Gasteiger partial charge in [-0.1, -0.05) is 29.8 Å². The molecule has 1 fully saturated rings. The van der Waals surface area contributed by atoms with Crippen LogP contribution in [0.15, 0.2) is 47.4 Å². The molecule has 2 heterocycles. The lowest BCUT2D eigenvalue weighted by molar-refractivity contribution is 0.102. The second kappa shape index (κ2) is 7.89. The van der Waals surface area contributed by atoms with Gasteiger partial charge in [0, 0.05) is 29.9 Å². The fourth-order valence-electron chi connectivity index (χ4n) is 4.51. The van der Waals surface area contributed by atoms with E-state index in [2.05, 4.69) is 5.32 Å². The lowest BCUT2D eigenvalue weighted by Crippen LogP contribution is -2.28. The molecular formula is C23H22ClN3O3S. The number of pyridine rings is 1. The fourth-order valence-corrected chi connectivity index (χ4v) is 6.53. The molecule has 0 saturated carbocycles. The van der Waals surface area contributed by atoms with E-state index in [9.17, 15) is 13.2 Å². The summed E-state index contributed by atoms with van der Waals surface area (Å²) in [5, 5.41) is 3.86. The van der Waals surface area contributed by atoms with E-state index in [4.69, 9.17) is 16.6 Å². The smallest absolute Gasteiger partial charge is 0.256 e. The molecular weight excluding hydrogens is 434 g/mol. The lowest BCUT2D eigenvalue weighted by Gasteiger charge is -2.18. The second-order valence-corrected chi connectivity index (χ2v) is 10.3. The number of benzene rings is 2. The van der Waals surface area contributed by atoms with Crippen molar-refractivity contribution in [1.82, 2.24) is 9.29 Å². The number of rotatable bonds is 4. The van der Waals surface area contributed by atoms with Gasteiger partial charge in [0.25, 0.3) is 5.91 Å². The molecule has 0 radical (unpaired) electrons. The standard InChI is InChI=1S/C23H22ClN3O3S/c24-18-11-10-15(14-21(18)31(29,30)27-12-3-4-13-27)25-23(28)22-16-6-1-2-8-19(16)26-20-9-5-7-17(20)22/h1-2,6,8,10-11,14H,3-5,7,9,12-13H2,(H,25,28). The van der Waals surface area contributed by atoms with Crippen LogP contribution < -0.4 is 5.32 Å². The molecule has 0 unspecified atom stereocenters. The van der Waals surface area contributed by atoms with Gasteiger partial charge >= 0.3 is 0 Å². The molecule has 3 aromatic rings. The monoisotopic (exact) mass is 455 g/mol. The number of hydrogen-bond donors (Lipinski definition) is 1. The number of carbonyl (C=O) groups is 1. The van der Waals surface area contributed by atoms with E-state index in [0.717, 1.165) is 54.3 Å². The first-order valence-corrected chi connectivity index (χ1v) is 12.3. The summed E-state index contributed by atoms with van der Waals surface area (Å²) in [6.07, 6.45) is 4.32. The van der Waals surface area contributed by atoms with E-state index in [1.54, 1.807) is 6.07 Å². The number of halogens is 1. The Morgan fingerprint density at radius 2 is 1.81 bits per heavy atom. The summed E-state index contributed by atoms with van der Waals surface area (Å²) in [6, 6.07) is 12.2. The van der Waals surface area contributed by atoms with Crippen LogP contribution in [-0.4, -0.2) is 36.7 Å². The third kappa shape index (κ3) is 3.60. The predicted molar refractivity (Wildman–Crippen MR) is 121 cm³/mol. The molecule has 8 heteroatoms. The molecule has 1 amide bonds. The van der Waals surface area contributed by atoms with Crippen LogP contribution in [0.5, 0.6) is 0 Å². The Labute approximate surface area is 186 Å². The Morgan fingerprint density at radius 1 is 1.03 bits per heavy atom. The van der Waals surface area contributed by atoms with Crippen LogP contribution in [-0.2, 0) is 22.9 Å². The molecule has 160 valence electrons. The molecule has 0 atom stereocenters. The van der Waals surface area contributed by atoms with Gasteiger partial charge in [-0.2, -0.15) is 4.31 Å². The highest BCUT2D eigenvalue weighted by molar-refractivity contribution is 7.89. The Bertz CT molecular complexity index is 1300. The number of amides is 1. The van der Waals surface area contributed by atoms with Crippen molar-refractivity contribution in [2.24, 2.45) is 0 Å². The molecule has 0 bridgehead atoms. The van der Waals surface area contributed by atoms with Crippen LogP contribution >= 0.6 is 11.6 Å². The number of aryl methyl sites for hydroxylation is 1. The van der Waals surface area contributed by atoms with Crippen molar-refractivity contribution in [3.63, 3.8) is 0 Å². The Kier molecular flexibility index (Phi) is 5.20. The molecule has 1 N–H and O–H groups in total. The predicted octanol–water partition coefficient (Wildman–Crippen LogP) is 4.41. The minimum atomic E-state index is -3.70. The summed E-state index contributed by atoms with van der Waals surface area (Å²) >= 11 is 6.24. The van der Waals surface area contributed by atoms with Crippen molar-refractivity contribution < 1.29 is 13.2 Å². The Balaban J connectivity index is 1.53. The number of anilines is 1. The molecule has 1 aromatic heterocycles. The normalized spacial score (nSPS) is 16.5. The van der Waals surface area contributed by atoms with E-state index in [1.165, 1.54) is 16.4 Å². The minimum Gasteiger partial charge on any atom is -0.322 e. The molecule has 2 aromatic carbocycles. The molecule has 31 heavy (non-hydrogen) atoms. The molecule has 0 spiro atoms. The zero-order valence-electron chi connectivity index (χ0n) is 16.9. The van der Waals surface area contributed by atoms with Crippen LogP contribution in [0.3, 0.4) is 0 Å². The van der Waals surface area contributed by atoms with E-state index in [1.807, 2.05) is 24.3 Å². The van der Waals surface area contributed by atoms with Crippen molar-refractivity contribution in [3.8, 4) is 0 Å². The largest absolute Gasteiger partial charge is 0.322 e. The molecule has 5 rings (SSSR count). The van der Waals surface area contributed by atoms with Crippen molar-refractivity contribution in [2.75, 3.05) is 18.4 Å². The third-order valence-corrected chi connectivity index (χ3v) is 8.40. The highest BCUT2D eigenvalue weighted by Crippen LogP contribution is 2.32. The number of nitrogens with zero attached hydrogens (tertiary/aromatic N) is 2. The lowest BCUT2D eigenvalue weighted by atomic mass is 10.0. The quantitative estimate of drug-likeness (QED) is 0.631. The Morgan fingerprint density at radius 3 is 2.61 bits per heavy atom. The average Bonchev–Trinajstić information content (AvgIpc) is 3.45. The maximum atomic E-state index is 13.4. The van der Waals surface area contributed by atoms with Crippen LogP contribution in [0.4, 0.5) is 5.69 Å². The zero-order valence-corrected chi connectivity index (χ0v) is 18.5. The van der Waals surface area contributed by atoms with Crippen LogP contribution in [0, 0.1) is 0 Å². The van der Waals surface area contributed by atoms with Gasteiger partial charge in [-0.3, -0.25) is 9.78 Å². The van der Waals surface area contributed by atoms with Gasteiger partial charge in [-0.05, 0) is 61.9 Å². The van der Waals surface area contributed by atoms with Gasteiger partial charge in [0.2, 0.25) is 10.0 Å². The summed E-state index contributed by atoms with van der Waals surface area (Å²) in [4.78, 5) is 18.1. The van der Waals surface area contributed by atoms with E-state index in [0.29, 0.717) is 24.3 Å². The van der Waals surface area contributed by atoms with Crippen molar-refractivity contribution in [3.05, 3.63) is 64.3 Å². The van der Waals surface area contributed by atoms with Gasteiger partial charge in [0.05, 0.1) is 16.1 Å². The molecule has 2 aliphatic rings. The van der Waals surface area contributed by atoms with Gasteiger partial charge in [-0.15, -0.1) is 0 Å². The SMILES string of the molecule is O=C(Nc1ccc(Cl)c(S(=O)(=O)N2CCCC2)c1)c1c2c(nc3ccccc13)CCC2. The van der Waals surface area contributed by atoms with Crippen molar-refractivity contribution in [1.29, 1.82) is 0 Å². The Hall–Kier alpha value is -2.48. The number of fused-ring (bicyclic) bond motifs is 2. The minimum absolute atomic E-state index is 0.0266. The number of carbonyl (C=O) groups excluding carboxylic acids is 1. The van der Waals surface area contributed by atoms with Crippen LogP contribution in [0.2, 0.25) is 5.02 Å². The van der Waals surface area contributed by atoms with Crippen LogP contribution in [0.1, 0.15) is 40.9 Å². The topological polar surface area (TPSA) is 79.4 Å². The van der Waals surface area contributed by atoms with Gasteiger partial charge in [-0.25, -0.2) is 8.42 Å². The van der Waals surface area contributed by atoms with Gasteiger partial charge < -0.3 is 5.32 Å². The highest BCUT2D eigenvalue weighted by atomic mass is 35.5. The summed E-state index contributed by atoms with van der Waals surface area (Å²) in [5.74, 6) is -0.261. The van der Waals surface area contributed by atoms with Crippen molar-refractivity contribution in [2.45, 2.75) is 37.0 Å². The number of nitrogens with one attached hydrogen (secondary N) is 1. The van der Waals surface area contributed by atoms with Crippen LogP contribution in [0.25, 0.3) is 10.9 Å². The number of sulfonamides is 1. The number of hydrogen-bond acceptors (Lipinski definition) is 4. The maximum absolute atomic E-state index is 13.4. The van der Waals surface area contributed by atoms with E-state index < -0.39 is 10.0 Å². The molecule has 6 nitrogen and oxygen atoms in total. The number of para-hydroxylation sites is 1. The second-order valence-electron chi connectivity index (χ2n) is 7.99. The van der Waals surface area contributed by atoms with E-state index in [-0.39, 0.29) is 15.8 Å². The summed E-state index contributed by atoms with van der Waals surface area (Å²) in [5.41, 5.74) is 3.77. The number of aromatic nitrogens is 1. The molecule has 1 saturated heterocycles. The summed E-state index contributed by atoms with van der Waals surface area (Å²) in [7, 11) is -3.70. The third-order valence-electron chi connectivity index (χ3n) is 6.02. The maximum Gasteiger partial charge on any atom is 0.256 e. The van der Waals surface area contributed by atoms with Crippen molar-refractivity contribution >= 4 is 44.1 Å². The molecule has 1 aliphatic heterocycles. The first-order chi connectivity index (χ1) is 14.9. The van der Waals surface area contributed by atoms with E-state index >= 15 is 0 Å². The first kappa shape index (κ1) is 20.4. The van der Waals surface area contributed by atoms with Gasteiger partial charge in [0.1, 0.15) is 4.90 Å². The van der Waals surface area contributed by atoms with Gasteiger partial charge in [0.15, 0.2) is 0 Å². The zero-order chi connectivity index (χ0) is 21.6. The molecule has 1 aliphatic carbocycles. The fraction of sp³-hybridized carbons (Fsp3) is 0.304. The average molecular weight is 456 g/mol. The highest BCUT2D eigenvalue weighted by Gasteiger charge is 2.30. The first-order valence-electron chi connectivity index (χ1n) is 10.5. The summed E-state index contributed by atoms with van der Waals surface area (Å²) < 4.78 is 27.5. The summed E-state index contributed by atoms with van der Waals surface area (Å²) in [6.45, 7) is 0.981.